The second-order valence-corrected chi connectivity index (χ2v) is 7.46. The summed E-state index contributed by atoms with van der Waals surface area (Å²) in [6.07, 6.45) is 0. The fraction of sp³-hybridized carbons (Fsp3) is 0.200. The molecule has 1 aromatic carbocycles. The van der Waals surface area contributed by atoms with E-state index in [0.29, 0.717) is 33.2 Å². The van der Waals surface area contributed by atoms with Gasteiger partial charge < -0.3 is 25.5 Å². The van der Waals surface area contributed by atoms with Crippen molar-refractivity contribution in [1.29, 1.82) is 5.26 Å². The average molecular weight is 423 g/mol. The Morgan fingerprint density at radius 1 is 1.43 bits per heavy atom. The van der Waals surface area contributed by atoms with Gasteiger partial charge in [-0.25, -0.2) is 9.78 Å². The molecule has 0 saturated carbocycles. The molecule has 0 spiro atoms. The molecule has 3 heterocycles. The van der Waals surface area contributed by atoms with Gasteiger partial charge in [0.05, 0.1) is 24.2 Å². The van der Waals surface area contributed by atoms with Crippen LogP contribution in [0.4, 0.5) is 5.13 Å². The lowest BCUT2D eigenvalue weighted by atomic mass is 9.84. The van der Waals surface area contributed by atoms with Crippen molar-refractivity contribution in [3.8, 4) is 11.8 Å². The molecule has 4 N–H and O–H groups in total. The Morgan fingerprint density at radius 2 is 2.17 bits per heavy atom. The Bertz CT molecular complexity index is 1280. The highest BCUT2D eigenvalue weighted by atomic mass is 32.1. The summed E-state index contributed by atoms with van der Waals surface area (Å²) in [5, 5.41) is 13.4. The third kappa shape index (κ3) is 3.05. The summed E-state index contributed by atoms with van der Waals surface area (Å²) in [5.74, 6) is -1.01. The van der Waals surface area contributed by atoms with Gasteiger partial charge in [-0.2, -0.15) is 5.26 Å². The van der Waals surface area contributed by atoms with Crippen LogP contribution in [0.25, 0.3) is 10.3 Å². The molecular formula is C20H17N5O4S. The number of H-pyrrole nitrogens is 1. The molecule has 0 saturated heterocycles. The van der Waals surface area contributed by atoms with E-state index in [-0.39, 0.29) is 22.8 Å². The fourth-order valence-electron chi connectivity index (χ4n) is 3.38. The van der Waals surface area contributed by atoms with Crippen LogP contribution in [0.1, 0.15) is 34.3 Å². The predicted molar refractivity (Wildman–Crippen MR) is 111 cm³/mol. The van der Waals surface area contributed by atoms with E-state index >= 15 is 0 Å². The van der Waals surface area contributed by atoms with Crippen LogP contribution in [-0.4, -0.2) is 29.6 Å². The number of esters is 1. The first kappa shape index (κ1) is 19.5. The normalized spacial score (nSPS) is 15.3. The van der Waals surface area contributed by atoms with E-state index in [9.17, 15) is 14.9 Å². The third-order valence-corrected chi connectivity index (χ3v) is 5.73. The zero-order chi connectivity index (χ0) is 21.4. The standard InChI is InChI=1S/C20H17N5O4S/c1-3-23-20-25-17-15(30-20)14-13(18(26)24-17)12(11(8-21)16(22)29-14)9-4-6-10(7-5-9)19(27)28-2/h4-7,12H,3,22H2,1-2H3,(H2,23,24,25,26)/t12-/m0/s1. The number of methoxy groups -OCH3 is 1. The van der Waals surface area contributed by atoms with Crippen molar-refractivity contribution in [1.82, 2.24) is 9.97 Å². The molecule has 0 amide bonds. The van der Waals surface area contributed by atoms with Crippen LogP contribution in [0.2, 0.25) is 0 Å². The van der Waals surface area contributed by atoms with E-state index in [1.165, 1.54) is 18.4 Å². The van der Waals surface area contributed by atoms with Crippen molar-refractivity contribution in [2.45, 2.75) is 12.8 Å². The van der Waals surface area contributed by atoms with Crippen LogP contribution in [0.5, 0.6) is 5.75 Å². The molecule has 4 rings (SSSR count). The van der Waals surface area contributed by atoms with Gasteiger partial charge in [-0.15, -0.1) is 0 Å². The van der Waals surface area contributed by atoms with Gasteiger partial charge in [-0.1, -0.05) is 23.5 Å². The molecule has 1 aliphatic rings. The molecule has 3 aromatic rings. The second-order valence-electron chi connectivity index (χ2n) is 6.46. The van der Waals surface area contributed by atoms with E-state index in [0.717, 1.165) is 0 Å². The average Bonchev–Trinajstić information content (AvgIpc) is 3.15. The first-order valence-corrected chi connectivity index (χ1v) is 9.86. The van der Waals surface area contributed by atoms with E-state index < -0.39 is 17.4 Å². The summed E-state index contributed by atoms with van der Waals surface area (Å²) in [4.78, 5) is 31.9. The summed E-state index contributed by atoms with van der Waals surface area (Å²) in [6.45, 7) is 2.61. The zero-order valence-electron chi connectivity index (χ0n) is 16.1. The number of hydrogen-bond donors (Lipinski definition) is 3. The minimum atomic E-state index is -0.747. The SMILES string of the molecule is CCNc1nc2[nH]c(=O)c3c(c2s1)OC(N)=C(C#N)[C@@H]3c1ccc(C(=O)OC)cc1. The summed E-state index contributed by atoms with van der Waals surface area (Å²) >= 11 is 1.32. The fourth-order valence-corrected chi connectivity index (χ4v) is 4.37. The lowest BCUT2D eigenvalue weighted by molar-refractivity contribution is 0.0600. The van der Waals surface area contributed by atoms with E-state index in [4.69, 9.17) is 15.2 Å². The quantitative estimate of drug-likeness (QED) is 0.543. The number of ether oxygens (including phenoxy) is 2. The number of anilines is 1. The Labute approximate surface area is 174 Å². The van der Waals surface area contributed by atoms with Gasteiger partial charge in [0.2, 0.25) is 5.88 Å². The molecule has 1 aliphatic heterocycles. The van der Waals surface area contributed by atoms with E-state index in [1.54, 1.807) is 24.3 Å². The number of carbonyl (C=O) groups is 1. The zero-order valence-corrected chi connectivity index (χ0v) is 16.9. The minimum absolute atomic E-state index is 0.0719. The Balaban J connectivity index is 1.93. The Kier molecular flexibility index (Phi) is 4.89. The van der Waals surface area contributed by atoms with Crippen molar-refractivity contribution >= 4 is 32.8 Å². The molecule has 0 unspecified atom stereocenters. The highest BCUT2D eigenvalue weighted by Gasteiger charge is 2.35. The highest BCUT2D eigenvalue weighted by molar-refractivity contribution is 7.22. The van der Waals surface area contributed by atoms with Gasteiger partial charge in [0.1, 0.15) is 16.3 Å². The van der Waals surface area contributed by atoms with Crippen LogP contribution >= 0.6 is 11.3 Å². The lowest BCUT2D eigenvalue weighted by Crippen LogP contribution is -2.27. The van der Waals surface area contributed by atoms with Gasteiger partial charge >= 0.3 is 5.97 Å². The molecule has 152 valence electrons. The second kappa shape index (κ2) is 7.53. The molecule has 0 aliphatic carbocycles. The van der Waals surface area contributed by atoms with Crippen LogP contribution < -0.4 is 21.3 Å². The number of aromatic nitrogens is 2. The summed E-state index contributed by atoms with van der Waals surface area (Å²) in [7, 11) is 1.30. The molecule has 30 heavy (non-hydrogen) atoms. The lowest BCUT2D eigenvalue weighted by Gasteiger charge is -2.25. The number of nitrogens with one attached hydrogen (secondary N) is 2. The largest absolute Gasteiger partial charge is 0.465 e. The maximum atomic E-state index is 13.0. The molecule has 1 atom stereocenters. The predicted octanol–water partition coefficient (Wildman–Crippen LogP) is 2.42. The number of nitriles is 1. The van der Waals surface area contributed by atoms with Gasteiger partial charge in [-0.05, 0) is 24.6 Å². The molecule has 2 aromatic heterocycles. The topological polar surface area (TPSA) is 143 Å². The summed E-state index contributed by atoms with van der Waals surface area (Å²) in [5.41, 5.74) is 7.38. The van der Waals surface area contributed by atoms with Gasteiger partial charge in [0.25, 0.3) is 5.56 Å². The van der Waals surface area contributed by atoms with E-state index in [2.05, 4.69) is 21.4 Å². The van der Waals surface area contributed by atoms with Crippen molar-refractivity contribution in [3.05, 3.63) is 62.8 Å². The van der Waals surface area contributed by atoms with Crippen molar-refractivity contribution in [3.63, 3.8) is 0 Å². The number of allylic oxidation sites excluding steroid dienone is 1. The van der Waals surface area contributed by atoms with Crippen molar-refractivity contribution in [2.75, 3.05) is 19.0 Å². The third-order valence-electron chi connectivity index (χ3n) is 4.72. The Hall–Kier alpha value is -3.84. The van der Waals surface area contributed by atoms with E-state index in [1.807, 2.05) is 6.92 Å². The van der Waals surface area contributed by atoms with Gasteiger partial charge in [-0.3, -0.25) is 4.79 Å². The van der Waals surface area contributed by atoms with Crippen molar-refractivity contribution < 1.29 is 14.3 Å². The number of aromatic amines is 1. The molecule has 10 heteroatoms. The maximum Gasteiger partial charge on any atom is 0.337 e. The number of pyridine rings is 1. The molecule has 9 nitrogen and oxygen atoms in total. The number of carbonyl (C=O) groups excluding carboxylic acids is 1. The number of nitrogens with zero attached hydrogens (tertiary/aromatic N) is 2. The summed E-state index contributed by atoms with van der Waals surface area (Å²) in [6, 6.07) is 8.53. The highest BCUT2D eigenvalue weighted by Crippen LogP contribution is 2.45. The number of fused-ring (bicyclic) bond motifs is 3. The van der Waals surface area contributed by atoms with Crippen LogP contribution in [0.15, 0.2) is 40.5 Å². The maximum absolute atomic E-state index is 13.0. The molecule has 0 bridgehead atoms. The molecule has 0 fully saturated rings. The molecule has 0 radical (unpaired) electrons. The van der Waals surface area contributed by atoms with Crippen molar-refractivity contribution in [2.24, 2.45) is 5.73 Å². The van der Waals surface area contributed by atoms with Gasteiger partial charge in [0, 0.05) is 6.54 Å². The van der Waals surface area contributed by atoms with Crippen LogP contribution in [0, 0.1) is 11.3 Å². The Morgan fingerprint density at radius 3 is 2.80 bits per heavy atom. The number of rotatable bonds is 4. The van der Waals surface area contributed by atoms with Gasteiger partial charge in [0.15, 0.2) is 16.5 Å². The first-order chi connectivity index (χ1) is 14.5. The van der Waals surface area contributed by atoms with Crippen LogP contribution in [0.3, 0.4) is 0 Å². The monoisotopic (exact) mass is 423 g/mol. The number of hydrogen-bond acceptors (Lipinski definition) is 9. The first-order valence-electron chi connectivity index (χ1n) is 9.04. The number of benzene rings is 1. The number of thiazole rings is 1. The smallest absolute Gasteiger partial charge is 0.337 e. The van der Waals surface area contributed by atoms with Crippen LogP contribution in [-0.2, 0) is 4.74 Å². The number of nitrogens with two attached hydrogens (primary N) is 1. The minimum Gasteiger partial charge on any atom is -0.465 e. The summed E-state index contributed by atoms with van der Waals surface area (Å²) < 4.78 is 11.1. The molecular weight excluding hydrogens is 406 g/mol.